The van der Waals surface area contributed by atoms with E-state index in [4.69, 9.17) is 4.74 Å². The fraction of sp³-hybridized carbons (Fsp3) is 0.158. The van der Waals surface area contributed by atoms with Crippen LogP contribution in [0.3, 0.4) is 0 Å². The highest BCUT2D eigenvalue weighted by Crippen LogP contribution is 2.21. The second-order valence-corrected chi connectivity index (χ2v) is 5.45. The number of Topliss-reactive ketones (excluding diaryl/α,β-unsaturated/α-hetero) is 1. The van der Waals surface area contributed by atoms with Gasteiger partial charge in [-0.3, -0.25) is 9.59 Å². The average molecular weight is 355 g/mol. The maximum Gasteiger partial charge on any atom is 0.347 e. The molecule has 0 spiro atoms. The maximum atomic E-state index is 12.2. The van der Waals surface area contributed by atoms with Gasteiger partial charge >= 0.3 is 11.9 Å². The Hall–Kier alpha value is -3.48. The van der Waals surface area contributed by atoms with Crippen LogP contribution in [0.25, 0.3) is 0 Å². The molecule has 0 aliphatic rings. The molecule has 2 aromatic carbocycles. The van der Waals surface area contributed by atoms with Gasteiger partial charge in [0.25, 0.3) is 5.91 Å². The number of aliphatic carboxylic acids is 1. The van der Waals surface area contributed by atoms with Crippen LogP contribution in [0.1, 0.15) is 28.9 Å². The summed E-state index contributed by atoms with van der Waals surface area (Å²) >= 11 is 0. The molecule has 2 rings (SSSR count). The fourth-order valence-corrected chi connectivity index (χ4v) is 2.26. The highest BCUT2D eigenvalue weighted by Gasteiger charge is 2.35. The van der Waals surface area contributed by atoms with Crippen molar-refractivity contribution in [3.8, 4) is 0 Å². The smallest absolute Gasteiger partial charge is 0.347 e. The lowest BCUT2D eigenvalue weighted by Gasteiger charge is -2.25. The summed E-state index contributed by atoms with van der Waals surface area (Å²) in [6.07, 6.45) is -1.71. The summed E-state index contributed by atoms with van der Waals surface area (Å²) in [6, 6.07) is 14.8. The van der Waals surface area contributed by atoms with Gasteiger partial charge in [0.15, 0.2) is 0 Å². The summed E-state index contributed by atoms with van der Waals surface area (Å²) in [6.45, 7) is 1.06. The first-order valence-electron chi connectivity index (χ1n) is 7.75. The van der Waals surface area contributed by atoms with Crippen molar-refractivity contribution >= 4 is 23.6 Å². The summed E-state index contributed by atoms with van der Waals surface area (Å²) in [5, 5.41) is 11.9. The SMILES string of the molecule is CC(=O)C(=O)N[C@@H](c1ccccc1)[C@@H](OC(=O)c1ccccc1)C(=O)O. The third-order valence-electron chi connectivity index (χ3n) is 3.55. The standard InChI is InChI=1S/C19H17NO6/c1-12(21)17(22)20-15(13-8-4-2-5-9-13)16(18(23)24)26-19(25)14-10-6-3-7-11-14/h2-11,15-16H,1H3,(H,20,22)(H,23,24)/t15-,16+/m0/s1. The molecule has 0 saturated heterocycles. The zero-order valence-corrected chi connectivity index (χ0v) is 13.9. The molecule has 26 heavy (non-hydrogen) atoms. The quantitative estimate of drug-likeness (QED) is 0.578. The van der Waals surface area contributed by atoms with Crippen molar-refractivity contribution in [1.82, 2.24) is 5.32 Å². The van der Waals surface area contributed by atoms with Gasteiger partial charge in [-0.2, -0.15) is 0 Å². The number of ether oxygens (including phenoxy) is 1. The first-order valence-corrected chi connectivity index (χ1v) is 7.75. The minimum absolute atomic E-state index is 0.170. The summed E-state index contributed by atoms with van der Waals surface area (Å²) < 4.78 is 5.13. The molecule has 0 aliphatic carbocycles. The van der Waals surface area contributed by atoms with Crippen molar-refractivity contribution in [3.05, 3.63) is 71.8 Å². The van der Waals surface area contributed by atoms with Crippen LogP contribution in [0.5, 0.6) is 0 Å². The van der Waals surface area contributed by atoms with E-state index in [1.54, 1.807) is 48.5 Å². The highest BCUT2D eigenvalue weighted by atomic mass is 16.6. The van der Waals surface area contributed by atoms with E-state index in [1.807, 2.05) is 0 Å². The van der Waals surface area contributed by atoms with Gasteiger partial charge in [-0.15, -0.1) is 0 Å². The zero-order valence-electron chi connectivity index (χ0n) is 13.9. The fourth-order valence-electron chi connectivity index (χ4n) is 2.26. The number of nitrogens with one attached hydrogen (secondary N) is 1. The van der Waals surface area contributed by atoms with Crippen molar-refractivity contribution in [2.45, 2.75) is 19.1 Å². The lowest BCUT2D eigenvalue weighted by atomic mass is 10.0. The Morgan fingerprint density at radius 2 is 1.46 bits per heavy atom. The molecule has 2 N–H and O–H groups in total. The molecule has 7 nitrogen and oxygen atoms in total. The summed E-state index contributed by atoms with van der Waals surface area (Å²) in [7, 11) is 0. The Morgan fingerprint density at radius 3 is 1.96 bits per heavy atom. The molecule has 0 aliphatic heterocycles. The largest absolute Gasteiger partial charge is 0.478 e. The molecule has 2 atom stereocenters. The van der Waals surface area contributed by atoms with Gasteiger partial charge in [0.05, 0.1) is 5.56 Å². The molecule has 0 unspecified atom stereocenters. The Balaban J connectivity index is 2.34. The van der Waals surface area contributed by atoms with Gasteiger partial charge in [-0.25, -0.2) is 9.59 Å². The van der Waals surface area contributed by atoms with Crippen molar-refractivity contribution < 1.29 is 29.0 Å². The maximum absolute atomic E-state index is 12.2. The van der Waals surface area contributed by atoms with Crippen molar-refractivity contribution in [2.24, 2.45) is 0 Å². The first kappa shape index (κ1) is 18.9. The molecule has 0 bridgehead atoms. The number of amides is 1. The van der Waals surface area contributed by atoms with E-state index in [0.29, 0.717) is 5.56 Å². The molecule has 1 amide bonds. The Kier molecular flexibility index (Phi) is 6.21. The van der Waals surface area contributed by atoms with Crippen LogP contribution in [-0.4, -0.2) is 34.8 Å². The summed E-state index contributed by atoms with van der Waals surface area (Å²) in [4.78, 5) is 47.1. The molecule has 2 aromatic rings. The molecule has 134 valence electrons. The third-order valence-corrected chi connectivity index (χ3v) is 3.55. The number of carboxylic acids is 1. The second kappa shape index (κ2) is 8.57. The lowest BCUT2D eigenvalue weighted by Crippen LogP contribution is -2.44. The van der Waals surface area contributed by atoms with Crippen LogP contribution in [0.15, 0.2) is 60.7 Å². The Morgan fingerprint density at radius 1 is 0.923 bits per heavy atom. The van der Waals surface area contributed by atoms with E-state index < -0.39 is 35.8 Å². The number of hydrogen-bond donors (Lipinski definition) is 2. The van der Waals surface area contributed by atoms with Gasteiger partial charge in [0, 0.05) is 6.92 Å². The molecule has 0 fully saturated rings. The van der Waals surface area contributed by atoms with Crippen LogP contribution in [0.2, 0.25) is 0 Å². The Labute approximate surface area is 149 Å². The van der Waals surface area contributed by atoms with Crippen LogP contribution >= 0.6 is 0 Å². The topological polar surface area (TPSA) is 110 Å². The number of benzene rings is 2. The minimum atomic E-state index is -1.71. The van der Waals surface area contributed by atoms with E-state index in [0.717, 1.165) is 6.92 Å². The second-order valence-electron chi connectivity index (χ2n) is 5.45. The van der Waals surface area contributed by atoms with Crippen molar-refractivity contribution in [1.29, 1.82) is 0 Å². The number of ketones is 1. The van der Waals surface area contributed by atoms with Crippen LogP contribution in [0.4, 0.5) is 0 Å². The van der Waals surface area contributed by atoms with Gasteiger partial charge in [0.1, 0.15) is 6.04 Å². The number of rotatable bonds is 7. The minimum Gasteiger partial charge on any atom is -0.478 e. The molecule has 0 aromatic heterocycles. The van der Waals surface area contributed by atoms with Gasteiger partial charge < -0.3 is 15.2 Å². The monoisotopic (exact) mass is 355 g/mol. The lowest BCUT2D eigenvalue weighted by molar-refractivity contribution is -0.150. The molecular weight excluding hydrogens is 338 g/mol. The molecule has 0 radical (unpaired) electrons. The molecular formula is C19H17NO6. The number of carboxylic acid groups (broad SMARTS) is 1. The van der Waals surface area contributed by atoms with Crippen LogP contribution < -0.4 is 5.32 Å². The van der Waals surface area contributed by atoms with E-state index in [9.17, 15) is 24.3 Å². The molecule has 7 heteroatoms. The van der Waals surface area contributed by atoms with Crippen molar-refractivity contribution in [2.75, 3.05) is 0 Å². The van der Waals surface area contributed by atoms with E-state index in [-0.39, 0.29) is 5.56 Å². The highest BCUT2D eigenvalue weighted by molar-refractivity contribution is 6.35. The van der Waals surface area contributed by atoms with E-state index in [1.165, 1.54) is 12.1 Å². The summed E-state index contributed by atoms with van der Waals surface area (Å²) in [5.41, 5.74) is 0.554. The normalized spacial score (nSPS) is 12.5. The van der Waals surface area contributed by atoms with Gasteiger partial charge in [-0.1, -0.05) is 48.5 Å². The van der Waals surface area contributed by atoms with Crippen LogP contribution in [-0.2, 0) is 19.1 Å². The average Bonchev–Trinajstić information content (AvgIpc) is 2.65. The number of carbonyl (C=O) groups is 4. The zero-order chi connectivity index (χ0) is 19.1. The number of esters is 1. The van der Waals surface area contributed by atoms with Gasteiger partial charge in [-0.05, 0) is 17.7 Å². The summed E-state index contributed by atoms with van der Waals surface area (Å²) in [5.74, 6) is -4.06. The third kappa shape index (κ3) is 4.76. The van der Waals surface area contributed by atoms with E-state index >= 15 is 0 Å². The van der Waals surface area contributed by atoms with E-state index in [2.05, 4.69) is 5.32 Å². The predicted molar refractivity (Wildman–Crippen MR) is 91.3 cm³/mol. The van der Waals surface area contributed by atoms with Crippen LogP contribution in [0, 0.1) is 0 Å². The van der Waals surface area contributed by atoms with Crippen molar-refractivity contribution in [3.63, 3.8) is 0 Å². The number of carbonyl (C=O) groups excluding carboxylic acids is 3. The first-order chi connectivity index (χ1) is 12.4. The predicted octanol–water partition coefficient (Wildman–Crippen LogP) is 1.74. The molecule has 0 saturated carbocycles. The van der Waals surface area contributed by atoms with Gasteiger partial charge in [0.2, 0.25) is 11.9 Å². The Bertz CT molecular complexity index is 803. The molecule has 0 heterocycles. The number of hydrogen-bond acceptors (Lipinski definition) is 5.